The Labute approximate surface area is 174 Å². The minimum atomic E-state index is -4.33. The highest BCUT2D eigenvalue weighted by molar-refractivity contribution is 5.79. The van der Waals surface area contributed by atoms with Crippen molar-refractivity contribution in [3.05, 3.63) is 53.1 Å². The predicted octanol–water partition coefficient (Wildman–Crippen LogP) is 3.64. The molecule has 0 bridgehead atoms. The SMILES string of the molecule is CN=C(NCCc1ccc(C(F)(F)F)cc1)NCc1c(OC)cc(OC)cc1OC. The Morgan fingerprint density at radius 1 is 0.933 bits per heavy atom. The predicted molar refractivity (Wildman–Crippen MR) is 109 cm³/mol. The van der Waals surface area contributed by atoms with Crippen LogP contribution < -0.4 is 24.8 Å². The molecule has 0 amide bonds. The first-order chi connectivity index (χ1) is 14.3. The summed E-state index contributed by atoms with van der Waals surface area (Å²) in [5.41, 5.74) is 0.940. The zero-order chi connectivity index (χ0) is 22.1. The highest BCUT2D eigenvalue weighted by Crippen LogP contribution is 2.34. The highest BCUT2D eigenvalue weighted by atomic mass is 19.4. The fourth-order valence-electron chi connectivity index (χ4n) is 2.83. The first kappa shape index (κ1) is 23.2. The lowest BCUT2D eigenvalue weighted by Gasteiger charge is -2.17. The average molecular weight is 425 g/mol. The maximum absolute atomic E-state index is 12.6. The van der Waals surface area contributed by atoms with Gasteiger partial charge >= 0.3 is 6.18 Å². The van der Waals surface area contributed by atoms with Gasteiger partial charge in [0.2, 0.25) is 0 Å². The minimum absolute atomic E-state index is 0.385. The van der Waals surface area contributed by atoms with Gasteiger partial charge in [0.25, 0.3) is 0 Å². The van der Waals surface area contributed by atoms with E-state index in [2.05, 4.69) is 15.6 Å². The molecule has 6 nitrogen and oxygen atoms in total. The quantitative estimate of drug-likeness (QED) is 0.500. The Morgan fingerprint density at radius 2 is 1.53 bits per heavy atom. The molecule has 0 heterocycles. The van der Waals surface area contributed by atoms with Crippen molar-refractivity contribution in [2.75, 3.05) is 34.9 Å². The van der Waals surface area contributed by atoms with E-state index in [4.69, 9.17) is 14.2 Å². The fourth-order valence-corrected chi connectivity index (χ4v) is 2.83. The fraction of sp³-hybridized carbons (Fsp3) is 0.381. The zero-order valence-corrected chi connectivity index (χ0v) is 17.4. The molecule has 9 heteroatoms. The number of hydrogen-bond donors (Lipinski definition) is 2. The summed E-state index contributed by atoms with van der Waals surface area (Å²) in [6.45, 7) is 0.887. The van der Waals surface area contributed by atoms with Gasteiger partial charge in [0.15, 0.2) is 5.96 Å². The molecule has 0 radical (unpaired) electrons. The molecule has 0 aliphatic carbocycles. The molecule has 0 saturated carbocycles. The number of nitrogens with one attached hydrogen (secondary N) is 2. The maximum atomic E-state index is 12.6. The number of ether oxygens (including phenoxy) is 3. The van der Waals surface area contributed by atoms with Gasteiger partial charge in [0.05, 0.1) is 39.0 Å². The van der Waals surface area contributed by atoms with Crippen LogP contribution in [0, 0.1) is 0 Å². The van der Waals surface area contributed by atoms with Gasteiger partial charge in [-0.05, 0) is 24.1 Å². The van der Waals surface area contributed by atoms with Gasteiger partial charge in [0, 0.05) is 25.7 Å². The van der Waals surface area contributed by atoms with Gasteiger partial charge in [-0.3, -0.25) is 4.99 Å². The maximum Gasteiger partial charge on any atom is 0.416 e. The molecule has 0 atom stereocenters. The van der Waals surface area contributed by atoms with E-state index in [1.807, 2.05) is 0 Å². The van der Waals surface area contributed by atoms with Crippen molar-refractivity contribution >= 4 is 5.96 Å². The summed E-state index contributed by atoms with van der Waals surface area (Å²) in [5.74, 6) is 2.38. The second-order valence-electron chi connectivity index (χ2n) is 6.31. The van der Waals surface area contributed by atoms with E-state index >= 15 is 0 Å². The lowest BCUT2D eigenvalue weighted by molar-refractivity contribution is -0.137. The highest BCUT2D eigenvalue weighted by Gasteiger charge is 2.29. The molecule has 0 fully saturated rings. The topological polar surface area (TPSA) is 64.1 Å². The lowest BCUT2D eigenvalue weighted by Crippen LogP contribution is -2.38. The normalized spacial score (nSPS) is 11.8. The number of alkyl halides is 3. The molecule has 0 unspecified atom stereocenters. The molecule has 2 aromatic rings. The van der Waals surface area contributed by atoms with Crippen molar-refractivity contribution in [3.63, 3.8) is 0 Å². The number of guanidine groups is 1. The molecule has 30 heavy (non-hydrogen) atoms. The summed E-state index contributed by atoms with van der Waals surface area (Å²) in [5, 5.41) is 6.32. The number of rotatable bonds is 8. The van der Waals surface area contributed by atoms with Crippen molar-refractivity contribution in [1.82, 2.24) is 10.6 Å². The Kier molecular flexibility index (Phi) is 8.20. The summed E-state index contributed by atoms with van der Waals surface area (Å²) in [6, 6.07) is 8.66. The van der Waals surface area contributed by atoms with Crippen LogP contribution >= 0.6 is 0 Å². The molecular weight excluding hydrogens is 399 g/mol. The molecule has 0 spiro atoms. The Hall–Kier alpha value is -3.10. The molecule has 2 rings (SSSR count). The van der Waals surface area contributed by atoms with E-state index in [0.717, 1.165) is 23.3 Å². The van der Waals surface area contributed by atoms with Crippen LogP contribution in [0.2, 0.25) is 0 Å². The van der Waals surface area contributed by atoms with Crippen LogP contribution in [0.5, 0.6) is 17.2 Å². The van der Waals surface area contributed by atoms with Crippen molar-refractivity contribution in [3.8, 4) is 17.2 Å². The largest absolute Gasteiger partial charge is 0.496 e. The van der Waals surface area contributed by atoms with Crippen LogP contribution in [-0.2, 0) is 19.1 Å². The molecule has 0 aliphatic rings. The van der Waals surface area contributed by atoms with Crippen LogP contribution in [0.3, 0.4) is 0 Å². The van der Waals surface area contributed by atoms with Gasteiger partial charge in [-0.25, -0.2) is 0 Å². The van der Waals surface area contributed by atoms with Gasteiger partial charge in [-0.1, -0.05) is 12.1 Å². The number of nitrogens with zero attached hydrogens (tertiary/aromatic N) is 1. The van der Waals surface area contributed by atoms with Crippen LogP contribution in [-0.4, -0.2) is 40.9 Å². The third-order valence-electron chi connectivity index (χ3n) is 4.46. The first-order valence-corrected chi connectivity index (χ1v) is 9.22. The average Bonchev–Trinajstić information content (AvgIpc) is 2.75. The van der Waals surface area contributed by atoms with Crippen molar-refractivity contribution in [2.24, 2.45) is 4.99 Å². The molecular formula is C21H26F3N3O3. The third kappa shape index (κ3) is 6.20. The van der Waals surface area contributed by atoms with E-state index in [1.54, 1.807) is 40.5 Å². The van der Waals surface area contributed by atoms with E-state index in [1.165, 1.54) is 12.1 Å². The van der Waals surface area contributed by atoms with E-state index in [0.29, 0.717) is 42.7 Å². The molecule has 164 valence electrons. The molecule has 0 saturated heterocycles. The van der Waals surface area contributed by atoms with E-state index < -0.39 is 11.7 Å². The van der Waals surface area contributed by atoms with E-state index in [9.17, 15) is 13.2 Å². The number of benzene rings is 2. The number of hydrogen-bond acceptors (Lipinski definition) is 4. The summed E-state index contributed by atoms with van der Waals surface area (Å²) >= 11 is 0. The molecule has 2 aromatic carbocycles. The Bertz CT molecular complexity index is 828. The second kappa shape index (κ2) is 10.6. The van der Waals surface area contributed by atoms with Crippen LogP contribution in [0.25, 0.3) is 0 Å². The lowest BCUT2D eigenvalue weighted by atomic mass is 10.1. The number of halogens is 3. The first-order valence-electron chi connectivity index (χ1n) is 9.22. The van der Waals surface area contributed by atoms with Crippen molar-refractivity contribution in [1.29, 1.82) is 0 Å². The number of methoxy groups -OCH3 is 3. The Morgan fingerprint density at radius 3 is 2.00 bits per heavy atom. The van der Waals surface area contributed by atoms with Crippen molar-refractivity contribution < 1.29 is 27.4 Å². The summed E-state index contributed by atoms with van der Waals surface area (Å²) in [7, 11) is 6.33. The van der Waals surface area contributed by atoms with Crippen LogP contribution in [0.1, 0.15) is 16.7 Å². The van der Waals surface area contributed by atoms with Gasteiger partial charge in [-0.15, -0.1) is 0 Å². The molecule has 0 aliphatic heterocycles. The number of aliphatic imine (C=N–C) groups is 1. The molecule has 2 N–H and O–H groups in total. The Balaban J connectivity index is 1.94. The minimum Gasteiger partial charge on any atom is -0.496 e. The van der Waals surface area contributed by atoms with Gasteiger partial charge in [-0.2, -0.15) is 13.2 Å². The standard InChI is InChI=1S/C21H26F3N3O3/c1-25-20(26-10-9-14-5-7-15(8-6-14)21(22,23)24)27-13-17-18(29-3)11-16(28-2)12-19(17)30-4/h5-8,11-12H,9-10,13H2,1-4H3,(H2,25,26,27). The molecule has 0 aromatic heterocycles. The monoisotopic (exact) mass is 425 g/mol. The van der Waals surface area contributed by atoms with Crippen molar-refractivity contribution in [2.45, 2.75) is 19.1 Å². The summed E-state index contributed by atoms with van der Waals surface area (Å²) < 4.78 is 54.0. The summed E-state index contributed by atoms with van der Waals surface area (Å²) in [4.78, 5) is 4.16. The third-order valence-corrected chi connectivity index (χ3v) is 4.46. The van der Waals surface area contributed by atoms with Crippen LogP contribution in [0.4, 0.5) is 13.2 Å². The van der Waals surface area contributed by atoms with Crippen LogP contribution in [0.15, 0.2) is 41.4 Å². The van der Waals surface area contributed by atoms with Gasteiger partial charge in [0.1, 0.15) is 17.2 Å². The van der Waals surface area contributed by atoms with E-state index in [-0.39, 0.29) is 0 Å². The smallest absolute Gasteiger partial charge is 0.416 e. The second-order valence-corrected chi connectivity index (χ2v) is 6.31. The summed E-state index contributed by atoms with van der Waals surface area (Å²) in [6.07, 6.45) is -3.78. The van der Waals surface area contributed by atoms with Gasteiger partial charge < -0.3 is 24.8 Å². The zero-order valence-electron chi connectivity index (χ0n) is 17.4.